The Kier molecular flexibility index (Phi) is 4.36. The summed E-state index contributed by atoms with van der Waals surface area (Å²) in [5.74, 6) is 0.780. The van der Waals surface area contributed by atoms with Crippen LogP contribution in [0.25, 0.3) is 0 Å². The molecule has 2 rings (SSSR count). The molecule has 1 fully saturated rings. The lowest BCUT2D eigenvalue weighted by Gasteiger charge is -2.10. The maximum Gasteiger partial charge on any atom is 0.224 e. The highest BCUT2D eigenvalue weighted by molar-refractivity contribution is 5.78. The van der Waals surface area contributed by atoms with E-state index in [2.05, 4.69) is 15.8 Å². The summed E-state index contributed by atoms with van der Waals surface area (Å²) in [5, 5.41) is 10.2. The first-order valence-corrected chi connectivity index (χ1v) is 6.58. The summed E-state index contributed by atoms with van der Waals surface area (Å²) in [6, 6.07) is 0.573. The predicted octanol–water partition coefficient (Wildman–Crippen LogP) is 1.09. The number of aryl methyl sites for hydroxylation is 2. The third kappa shape index (κ3) is 3.32. The maximum atomic E-state index is 11.8. The fourth-order valence-corrected chi connectivity index (χ4v) is 2.37. The zero-order valence-corrected chi connectivity index (χ0v) is 11.1. The van der Waals surface area contributed by atoms with Gasteiger partial charge in [-0.15, -0.1) is 0 Å². The van der Waals surface area contributed by atoms with E-state index in [9.17, 15) is 4.79 Å². The highest BCUT2D eigenvalue weighted by Crippen LogP contribution is 2.12. The average molecular weight is 251 g/mol. The predicted molar refractivity (Wildman–Crippen MR) is 68.3 cm³/mol. The van der Waals surface area contributed by atoms with Gasteiger partial charge in [0.2, 0.25) is 5.91 Å². The molecule has 18 heavy (non-hydrogen) atoms. The van der Waals surface area contributed by atoms with E-state index >= 15 is 0 Å². The molecule has 0 radical (unpaired) electrons. The summed E-state index contributed by atoms with van der Waals surface area (Å²) >= 11 is 0. The Labute approximate surface area is 107 Å². The van der Waals surface area contributed by atoms with E-state index in [1.165, 1.54) is 12.8 Å². The van der Waals surface area contributed by atoms with Crippen LogP contribution in [0.4, 0.5) is 0 Å². The van der Waals surface area contributed by atoms with Crippen molar-refractivity contribution in [1.29, 1.82) is 0 Å². The van der Waals surface area contributed by atoms with Crippen LogP contribution in [0.3, 0.4) is 0 Å². The van der Waals surface area contributed by atoms with Gasteiger partial charge in [-0.25, -0.2) is 0 Å². The van der Waals surface area contributed by atoms with Gasteiger partial charge in [-0.1, -0.05) is 5.16 Å². The Morgan fingerprint density at radius 3 is 3.00 bits per heavy atom. The van der Waals surface area contributed by atoms with Crippen molar-refractivity contribution in [3.63, 3.8) is 0 Å². The van der Waals surface area contributed by atoms with Crippen LogP contribution in [0, 0.1) is 13.8 Å². The molecule has 5 heteroatoms. The molecule has 1 aliphatic heterocycles. The number of rotatable bonds is 5. The van der Waals surface area contributed by atoms with E-state index in [4.69, 9.17) is 4.52 Å². The van der Waals surface area contributed by atoms with Crippen LogP contribution in [-0.2, 0) is 11.2 Å². The zero-order valence-electron chi connectivity index (χ0n) is 11.1. The number of amides is 1. The molecule has 1 aromatic heterocycles. The van der Waals surface area contributed by atoms with Crippen LogP contribution in [0.15, 0.2) is 4.52 Å². The highest BCUT2D eigenvalue weighted by Gasteiger charge is 2.15. The molecular weight excluding hydrogens is 230 g/mol. The summed E-state index contributed by atoms with van der Waals surface area (Å²) in [4.78, 5) is 11.8. The van der Waals surface area contributed by atoms with E-state index < -0.39 is 0 Å². The molecule has 5 nitrogen and oxygen atoms in total. The number of hydrogen-bond acceptors (Lipinski definition) is 4. The van der Waals surface area contributed by atoms with E-state index in [-0.39, 0.29) is 5.91 Å². The molecule has 2 N–H and O–H groups in total. The van der Waals surface area contributed by atoms with Crippen molar-refractivity contribution in [3.8, 4) is 0 Å². The molecule has 0 spiro atoms. The smallest absolute Gasteiger partial charge is 0.224 e. The van der Waals surface area contributed by atoms with Crippen LogP contribution in [0.1, 0.15) is 36.3 Å². The number of aromatic nitrogens is 1. The second-order valence-electron chi connectivity index (χ2n) is 4.91. The fourth-order valence-electron chi connectivity index (χ4n) is 2.37. The number of hydrogen-bond donors (Lipinski definition) is 2. The second kappa shape index (κ2) is 6.00. The number of nitrogens with one attached hydrogen (secondary N) is 2. The number of carbonyl (C=O) groups is 1. The molecule has 0 saturated carbocycles. The van der Waals surface area contributed by atoms with Crippen molar-refractivity contribution >= 4 is 5.91 Å². The minimum atomic E-state index is 0.0439. The maximum absolute atomic E-state index is 11.8. The molecule has 0 bridgehead atoms. The van der Waals surface area contributed by atoms with Crippen molar-refractivity contribution in [2.45, 2.75) is 45.6 Å². The van der Waals surface area contributed by atoms with Crippen LogP contribution >= 0.6 is 0 Å². The standard InChI is InChI=1S/C13H21N3O2/c1-9-12(10(2)18-16-9)8-13(17)15-7-5-11-4-3-6-14-11/h11,14H,3-8H2,1-2H3,(H,15,17). The Balaban J connectivity index is 1.72. The van der Waals surface area contributed by atoms with Gasteiger partial charge in [-0.3, -0.25) is 4.79 Å². The molecule has 1 unspecified atom stereocenters. The summed E-state index contributed by atoms with van der Waals surface area (Å²) in [6.07, 6.45) is 3.84. The normalized spacial score (nSPS) is 19.1. The van der Waals surface area contributed by atoms with Crippen LogP contribution in [-0.4, -0.2) is 30.2 Å². The summed E-state index contributed by atoms with van der Waals surface area (Å²) in [5.41, 5.74) is 1.71. The van der Waals surface area contributed by atoms with E-state index in [1.807, 2.05) is 13.8 Å². The van der Waals surface area contributed by atoms with Gasteiger partial charge in [0.05, 0.1) is 12.1 Å². The van der Waals surface area contributed by atoms with Gasteiger partial charge in [0, 0.05) is 18.2 Å². The Morgan fingerprint density at radius 2 is 2.39 bits per heavy atom. The molecule has 1 atom stereocenters. The fraction of sp³-hybridized carbons (Fsp3) is 0.692. The average Bonchev–Trinajstić information content (AvgIpc) is 2.94. The van der Waals surface area contributed by atoms with E-state index in [1.54, 1.807) is 0 Å². The lowest BCUT2D eigenvalue weighted by molar-refractivity contribution is -0.120. The van der Waals surface area contributed by atoms with Gasteiger partial charge in [-0.2, -0.15) is 0 Å². The monoisotopic (exact) mass is 251 g/mol. The minimum Gasteiger partial charge on any atom is -0.361 e. The van der Waals surface area contributed by atoms with Gasteiger partial charge < -0.3 is 15.2 Å². The van der Waals surface area contributed by atoms with Crippen molar-refractivity contribution < 1.29 is 9.32 Å². The molecule has 1 aliphatic rings. The third-order valence-electron chi connectivity index (χ3n) is 3.50. The molecule has 0 aliphatic carbocycles. The quantitative estimate of drug-likeness (QED) is 0.822. The summed E-state index contributed by atoms with van der Waals surface area (Å²) in [6.45, 7) is 5.55. The minimum absolute atomic E-state index is 0.0439. The third-order valence-corrected chi connectivity index (χ3v) is 3.50. The molecule has 100 valence electrons. The molecule has 1 amide bonds. The topological polar surface area (TPSA) is 67.2 Å². The Bertz CT molecular complexity index is 389. The lowest BCUT2D eigenvalue weighted by atomic mass is 10.1. The van der Waals surface area contributed by atoms with Gasteiger partial charge in [-0.05, 0) is 39.7 Å². The van der Waals surface area contributed by atoms with Gasteiger partial charge in [0.15, 0.2) is 0 Å². The molecular formula is C13H21N3O2. The van der Waals surface area contributed by atoms with Gasteiger partial charge in [0.1, 0.15) is 5.76 Å². The van der Waals surface area contributed by atoms with Crippen molar-refractivity contribution in [3.05, 3.63) is 17.0 Å². The van der Waals surface area contributed by atoms with Crippen LogP contribution in [0.5, 0.6) is 0 Å². The Hall–Kier alpha value is -1.36. The first-order chi connectivity index (χ1) is 8.66. The summed E-state index contributed by atoms with van der Waals surface area (Å²) < 4.78 is 5.04. The highest BCUT2D eigenvalue weighted by atomic mass is 16.5. The molecule has 0 aromatic carbocycles. The second-order valence-corrected chi connectivity index (χ2v) is 4.91. The number of carbonyl (C=O) groups excluding carboxylic acids is 1. The largest absolute Gasteiger partial charge is 0.361 e. The molecule has 1 saturated heterocycles. The SMILES string of the molecule is Cc1noc(C)c1CC(=O)NCCC1CCCN1. The van der Waals surface area contributed by atoms with Crippen molar-refractivity contribution in [1.82, 2.24) is 15.8 Å². The molecule has 1 aromatic rings. The van der Waals surface area contributed by atoms with Crippen molar-refractivity contribution in [2.75, 3.05) is 13.1 Å². The summed E-state index contributed by atoms with van der Waals surface area (Å²) in [7, 11) is 0. The molecule has 2 heterocycles. The first kappa shape index (κ1) is 13.1. The Morgan fingerprint density at radius 1 is 1.56 bits per heavy atom. The first-order valence-electron chi connectivity index (χ1n) is 6.58. The zero-order chi connectivity index (χ0) is 13.0. The van der Waals surface area contributed by atoms with Gasteiger partial charge >= 0.3 is 0 Å². The number of nitrogens with zero attached hydrogens (tertiary/aromatic N) is 1. The van der Waals surface area contributed by atoms with E-state index in [0.717, 1.165) is 36.5 Å². The van der Waals surface area contributed by atoms with Gasteiger partial charge in [0.25, 0.3) is 0 Å². The lowest BCUT2D eigenvalue weighted by Crippen LogP contribution is -2.31. The van der Waals surface area contributed by atoms with Crippen LogP contribution in [0.2, 0.25) is 0 Å². The van der Waals surface area contributed by atoms with E-state index in [0.29, 0.717) is 12.5 Å². The van der Waals surface area contributed by atoms with Crippen LogP contribution < -0.4 is 10.6 Å². The van der Waals surface area contributed by atoms with Crippen molar-refractivity contribution in [2.24, 2.45) is 0 Å².